The Hall–Kier alpha value is -3.65. The second-order valence-electron chi connectivity index (χ2n) is 6.36. The molecule has 8 heteroatoms. The Balaban J connectivity index is 1.45. The number of hydrogen-bond donors (Lipinski definition) is 1. The van der Waals surface area contributed by atoms with Crippen LogP contribution >= 0.6 is 11.3 Å². The van der Waals surface area contributed by atoms with E-state index in [9.17, 15) is 4.79 Å². The lowest BCUT2D eigenvalue weighted by Gasteiger charge is -2.06. The van der Waals surface area contributed by atoms with Gasteiger partial charge in [0.25, 0.3) is 5.91 Å². The Labute approximate surface area is 163 Å². The first-order valence-electron chi connectivity index (χ1n) is 8.56. The van der Waals surface area contributed by atoms with Crippen molar-refractivity contribution in [1.29, 1.82) is 0 Å². The van der Waals surface area contributed by atoms with Crippen LogP contribution in [0.1, 0.15) is 10.4 Å². The highest BCUT2D eigenvalue weighted by Gasteiger charge is 2.11. The highest BCUT2D eigenvalue weighted by atomic mass is 32.1. The first-order valence-corrected chi connectivity index (χ1v) is 9.44. The molecule has 0 unspecified atom stereocenters. The van der Waals surface area contributed by atoms with Gasteiger partial charge in [0.2, 0.25) is 5.95 Å². The number of benzene rings is 2. The van der Waals surface area contributed by atoms with Crippen molar-refractivity contribution >= 4 is 44.3 Å². The average molecular weight is 386 g/mol. The molecule has 1 N–H and O–H groups in total. The minimum atomic E-state index is -0.266. The van der Waals surface area contributed by atoms with Crippen LogP contribution in [0.15, 0.2) is 60.5 Å². The summed E-state index contributed by atoms with van der Waals surface area (Å²) in [7, 11) is 1.88. The van der Waals surface area contributed by atoms with E-state index >= 15 is 0 Å². The van der Waals surface area contributed by atoms with Gasteiger partial charge in [-0.2, -0.15) is 5.10 Å². The molecule has 0 aliphatic rings. The molecule has 0 aliphatic heterocycles. The molecule has 1 amide bonds. The molecule has 0 aliphatic carbocycles. The molecule has 3 aromatic heterocycles. The van der Waals surface area contributed by atoms with Crippen molar-refractivity contribution in [3.8, 4) is 11.1 Å². The number of rotatable bonds is 3. The highest BCUT2D eigenvalue weighted by molar-refractivity contribution is 7.16. The molecule has 5 rings (SSSR count). The van der Waals surface area contributed by atoms with E-state index in [-0.39, 0.29) is 11.9 Å². The fourth-order valence-electron chi connectivity index (χ4n) is 3.01. The normalized spacial score (nSPS) is 11.2. The first kappa shape index (κ1) is 16.5. The zero-order valence-electron chi connectivity index (χ0n) is 14.8. The maximum atomic E-state index is 12.6. The van der Waals surface area contributed by atoms with Gasteiger partial charge >= 0.3 is 0 Å². The summed E-state index contributed by atoms with van der Waals surface area (Å²) in [5, 5.41) is 7.87. The lowest BCUT2D eigenvalue weighted by atomic mass is 10.1. The molecule has 0 spiro atoms. The molecule has 0 saturated carbocycles. The lowest BCUT2D eigenvalue weighted by molar-refractivity contribution is 0.102. The second-order valence-corrected chi connectivity index (χ2v) is 7.25. The number of amides is 1. The molecule has 2 aromatic carbocycles. The van der Waals surface area contributed by atoms with Crippen molar-refractivity contribution in [3.63, 3.8) is 0 Å². The van der Waals surface area contributed by atoms with Crippen LogP contribution in [0, 0.1) is 0 Å². The molecular weight excluding hydrogens is 372 g/mol. The van der Waals surface area contributed by atoms with Gasteiger partial charge in [-0.1, -0.05) is 12.1 Å². The summed E-state index contributed by atoms with van der Waals surface area (Å²) in [6, 6.07) is 11.4. The number of fused-ring (bicyclic) bond motifs is 2. The summed E-state index contributed by atoms with van der Waals surface area (Å²) >= 11 is 1.54. The van der Waals surface area contributed by atoms with E-state index in [1.807, 2.05) is 37.5 Å². The summed E-state index contributed by atoms with van der Waals surface area (Å²) in [6.07, 6.45) is 5.45. The van der Waals surface area contributed by atoms with Gasteiger partial charge in [0, 0.05) is 36.0 Å². The van der Waals surface area contributed by atoms with Crippen LogP contribution in [-0.4, -0.2) is 30.6 Å². The number of nitrogens with one attached hydrogen (secondary N) is 1. The Morgan fingerprint density at radius 3 is 2.82 bits per heavy atom. The Kier molecular flexibility index (Phi) is 3.84. The molecule has 7 nitrogen and oxygen atoms in total. The first-order chi connectivity index (χ1) is 13.7. The van der Waals surface area contributed by atoms with Crippen LogP contribution < -0.4 is 5.32 Å². The van der Waals surface area contributed by atoms with Crippen molar-refractivity contribution in [2.75, 3.05) is 5.32 Å². The van der Waals surface area contributed by atoms with Crippen molar-refractivity contribution in [3.05, 3.63) is 66.1 Å². The van der Waals surface area contributed by atoms with Crippen LogP contribution in [-0.2, 0) is 7.05 Å². The van der Waals surface area contributed by atoms with Gasteiger partial charge < -0.3 is 0 Å². The van der Waals surface area contributed by atoms with Gasteiger partial charge in [-0.05, 0) is 29.8 Å². The third kappa shape index (κ3) is 2.99. The number of anilines is 1. The van der Waals surface area contributed by atoms with Crippen LogP contribution in [0.3, 0.4) is 0 Å². The van der Waals surface area contributed by atoms with E-state index in [1.54, 1.807) is 46.1 Å². The molecule has 28 heavy (non-hydrogen) atoms. The molecule has 3 heterocycles. The summed E-state index contributed by atoms with van der Waals surface area (Å²) < 4.78 is 2.80. The Bertz CT molecular complexity index is 1340. The fraction of sp³-hybridized carbons (Fsp3) is 0.0500. The molecule has 5 aromatic rings. The smallest absolute Gasteiger partial charge is 0.258 e. The second kappa shape index (κ2) is 6.50. The van der Waals surface area contributed by atoms with E-state index in [2.05, 4.69) is 25.4 Å². The standard InChI is InChI=1S/C20H14N6OS/c1-26-10-15(9-23-26)12-2-3-14-8-21-20(24-16(14)6-12)25-19(27)13-4-5-18-17(7-13)22-11-28-18/h2-11H,1H3,(H,21,24,25,27). The number of aryl methyl sites for hydroxylation is 1. The predicted octanol–water partition coefficient (Wildman–Crippen LogP) is 3.89. The average Bonchev–Trinajstić information content (AvgIpc) is 3.35. The maximum Gasteiger partial charge on any atom is 0.258 e. The van der Waals surface area contributed by atoms with E-state index in [0.717, 1.165) is 32.2 Å². The van der Waals surface area contributed by atoms with Crippen molar-refractivity contribution in [2.45, 2.75) is 0 Å². The van der Waals surface area contributed by atoms with Crippen molar-refractivity contribution < 1.29 is 4.79 Å². The van der Waals surface area contributed by atoms with Gasteiger partial charge in [-0.25, -0.2) is 15.0 Å². The van der Waals surface area contributed by atoms with Crippen LogP contribution in [0.5, 0.6) is 0 Å². The SMILES string of the molecule is Cn1cc(-c2ccc3cnc(NC(=O)c4ccc5scnc5c4)nc3c2)cn1. The van der Waals surface area contributed by atoms with Crippen LogP contribution in [0.4, 0.5) is 5.95 Å². The Morgan fingerprint density at radius 1 is 1.04 bits per heavy atom. The third-order valence-corrected chi connectivity index (χ3v) is 5.25. The molecule has 136 valence electrons. The minimum absolute atomic E-state index is 0.263. The molecule has 0 saturated heterocycles. The number of carbonyl (C=O) groups excluding carboxylic acids is 1. The van der Waals surface area contributed by atoms with Gasteiger partial charge in [0.1, 0.15) is 0 Å². The topological polar surface area (TPSA) is 85.6 Å². The molecule has 0 fully saturated rings. The number of thiazole rings is 1. The lowest BCUT2D eigenvalue weighted by Crippen LogP contribution is -2.14. The predicted molar refractivity (Wildman–Crippen MR) is 109 cm³/mol. The Morgan fingerprint density at radius 2 is 1.96 bits per heavy atom. The van der Waals surface area contributed by atoms with Crippen LogP contribution in [0.2, 0.25) is 0 Å². The number of nitrogens with zero attached hydrogens (tertiary/aromatic N) is 5. The van der Waals surface area contributed by atoms with Crippen molar-refractivity contribution in [1.82, 2.24) is 24.7 Å². The monoisotopic (exact) mass is 386 g/mol. The summed E-state index contributed by atoms with van der Waals surface area (Å²) in [6.45, 7) is 0. The zero-order valence-corrected chi connectivity index (χ0v) is 15.6. The summed E-state index contributed by atoms with van der Waals surface area (Å²) in [5.74, 6) is -0.00289. The van der Waals surface area contributed by atoms with Gasteiger partial charge in [0.05, 0.1) is 27.4 Å². The molecule has 0 atom stereocenters. The van der Waals surface area contributed by atoms with E-state index in [1.165, 1.54) is 0 Å². The third-order valence-electron chi connectivity index (χ3n) is 4.44. The largest absolute Gasteiger partial charge is 0.290 e. The number of carbonyl (C=O) groups is 1. The van der Waals surface area contributed by atoms with Gasteiger partial charge in [-0.15, -0.1) is 11.3 Å². The zero-order chi connectivity index (χ0) is 19.1. The molecule has 0 bridgehead atoms. The highest BCUT2D eigenvalue weighted by Crippen LogP contribution is 2.24. The maximum absolute atomic E-state index is 12.6. The molecule has 0 radical (unpaired) electrons. The van der Waals surface area contributed by atoms with Crippen LogP contribution in [0.25, 0.3) is 32.2 Å². The van der Waals surface area contributed by atoms with Crippen molar-refractivity contribution in [2.24, 2.45) is 7.05 Å². The number of aromatic nitrogens is 5. The van der Waals surface area contributed by atoms with E-state index in [0.29, 0.717) is 5.56 Å². The van der Waals surface area contributed by atoms with E-state index in [4.69, 9.17) is 0 Å². The summed E-state index contributed by atoms with van der Waals surface area (Å²) in [4.78, 5) is 25.6. The van der Waals surface area contributed by atoms with E-state index < -0.39 is 0 Å². The minimum Gasteiger partial charge on any atom is -0.290 e. The number of hydrogen-bond acceptors (Lipinski definition) is 6. The fourth-order valence-corrected chi connectivity index (χ4v) is 3.67. The van der Waals surface area contributed by atoms with Gasteiger partial charge in [-0.3, -0.25) is 14.8 Å². The summed E-state index contributed by atoms with van der Waals surface area (Å²) in [5.41, 5.74) is 5.85. The van der Waals surface area contributed by atoms with Gasteiger partial charge in [0.15, 0.2) is 0 Å². The molecular formula is C20H14N6OS. The quantitative estimate of drug-likeness (QED) is 0.508.